The van der Waals surface area contributed by atoms with Gasteiger partial charge < -0.3 is 15.2 Å². The predicted octanol–water partition coefficient (Wildman–Crippen LogP) is 3.53. The number of carbonyl (C=O) groups is 1. The van der Waals surface area contributed by atoms with Crippen LogP contribution in [-0.2, 0) is 16.7 Å². The van der Waals surface area contributed by atoms with Crippen LogP contribution in [-0.4, -0.2) is 30.8 Å². The maximum absolute atomic E-state index is 11.1. The second-order valence-corrected chi connectivity index (χ2v) is 6.82. The third-order valence-electron chi connectivity index (χ3n) is 5.13. The fourth-order valence-electron chi connectivity index (χ4n) is 3.73. The Hall–Kier alpha value is -2.17. The summed E-state index contributed by atoms with van der Waals surface area (Å²) in [6.45, 7) is 5.26. The number of carboxylic acid groups (broad SMARTS) is 1. The molecule has 1 aliphatic heterocycles. The van der Waals surface area contributed by atoms with E-state index in [2.05, 4.69) is 36.5 Å². The monoisotopic (exact) mass is 339 g/mol. The molecule has 3 rings (SSSR count). The first-order valence-corrected chi connectivity index (χ1v) is 8.78. The molecule has 0 amide bonds. The third-order valence-corrected chi connectivity index (χ3v) is 5.13. The molecule has 132 valence electrons. The molecule has 4 nitrogen and oxygen atoms in total. The molecule has 1 heterocycles. The largest absolute Gasteiger partial charge is 0.478 e. The predicted molar refractivity (Wildman–Crippen MR) is 98.0 cm³/mol. The molecule has 0 atom stereocenters. The smallest absolute Gasteiger partial charge is 0.335 e. The van der Waals surface area contributed by atoms with Gasteiger partial charge in [0.15, 0.2) is 0 Å². The van der Waals surface area contributed by atoms with Gasteiger partial charge in [0.1, 0.15) is 0 Å². The number of hydrogen-bond acceptors (Lipinski definition) is 3. The minimum Gasteiger partial charge on any atom is -0.478 e. The lowest BCUT2D eigenvalue weighted by atomic mass is 9.72. The van der Waals surface area contributed by atoms with Gasteiger partial charge in [-0.2, -0.15) is 0 Å². The van der Waals surface area contributed by atoms with Crippen molar-refractivity contribution in [1.82, 2.24) is 5.32 Å². The van der Waals surface area contributed by atoms with E-state index in [0.717, 1.165) is 38.2 Å². The number of hydrogen-bond donors (Lipinski definition) is 2. The number of aryl methyl sites for hydroxylation is 1. The average Bonchev–Trinajstić information content (AvgIpc) is 2.63. The summed E-state index contributed by atoms with van der Waals surface area (Å²) < 4.78 is 5.60. The lowest BCUT2D eigenvalue weighted by Gasteiger charge is -2.39. The van der Waals surface area contributed by atoms with Crippen LogP contribution >= 0.6 is 0 Å². The van der Waals surface area contributed by atoms with Crippen LogP contribution < -0.4 is 5.32 Å². The van der Waals surface area contributed by atoms with Gasteiger partial charge in [0, 0.05) is 31.7 Å². The van der Waals surface area contributed by atoms with E-state index in [1.54, 1.807) is 18.2 Å². The molecule has 4 heteroatoms. The fourth-order valence-corrected chi connectivity index (χ4v) is 3.73. The Balaban J connectivity index is 1.73. The summed E-state index contributed by atoms with van der Waals surface area (Å²) in [6, 6.07) is 15.7. The Morgan fingerprint density at radius 3 is 2.64 bits per heavy atom. The molecular weight excluding hydrogens is 314 g/mol. The lowest BCUT2D eigenvalue weighted by molar-refractivity contribution is 0.0495. The van der Waals surface area contributed by atoms with Gasteiger partial charge in [-0.3, -0.25) is 0 Å². The van der Waals surface area contributed by atoms with Crippen molar-refractivity contribution in [3.05, 3.63) is 70.8 Å². The summed E-state index contributed by atoms with van der Waals surface area (Å²) in [6.07, 6.45) is 2.00. The SMILES string of the molecule is Cc1ccccc1C1(CNCc2cccc(C(=O)O)c2)CCOCC1. The van der Waals surface area contributed by atoms with Crippen LogP contribution in [0.4, 0.5) is 0 Å². The van der Waals surface area contributed by atoms with Gasteiger partial charge >= 0.3 is 5.97 Å². The van der Waals surface area contributed by atoms with Crippen molar-refractivity contribution in [2.45, 2.75) is 31.7 Å². The summed E-state index contributed by atoms with van der Waals surface area (Å²) in [5, 5.41) is 12.7. The van der Waals surface area contributed by atoms with Crippen LogP contribution in [0.5, 0.6) is 0 Å². The van der Waals surface area contributed by atoms with E-state index in [-0.39, 0.29) is 5.41 Å². The van der Waals surface area contributed by atoms with Crippen molar-refractivity contribution in [1.29, 1.82) is 0 Å². The highest BCUT2D eigenvalue weighted by Gasteiger charge is 2.35. The first-order chi connectivity index (χ1) is 12.1. The van der Waals surface area contributed by atoms with Crippen LogP contribution in [0.1, 0.15) is 39.9 Å². The fraction of sp³-hybridized carbons (Fsp3) is 0.381. The standard InChI is InChI=1S/C21H25NO3/c1-16-5-2-3-8-19(16)21(9-11-25-12-10-21)15-22-14-17-6-4-7-18(13-17)20(23)24/h2-8,13,22H,9-12,14-15H2,1H3,(H,23,24). The molecule has 25 heavy (non-hydrogen) atoms. The van der Waals surface area contributed by atoms with Crippen LogP contribution in [0.3, 0.4) is 0 Å². The molecule has 0 unspecified atom stereocenters. The number of benzene rings is 2. The van der Waals surface area contributed by atoms with Crippen molar-refractivity contribution in [3.63, 3.8) is 0 Å². The third kappa shape index (κ3) is 4.09. The molecule has 2 aromatic carbocycles. The van der Waals surface area contributed by atoms with Crippen molar-refractivity contribution >= 4 is 5.97 Å². The summed E-state index contributed by atoms with van der Waals surface area (Å²) in [5.74, 6) is -0.886. The summed E-state index contributed by atoms with van der Waals surface area (Å²) in [7, 11) is 0. The zero-order chi connectivity index (χ0) is 17.7. The van der Waals surface area contributed by atoms with Gasteiger partial charge in [-0.15, -0.1) is 0 Å². The normalized spacial score (nSPS) is 16.5. The molecule has 1 saturated heterocycles. The molecule has 0 aromatic heterocycles. The Bertz CT molecular complexity index is 735. The molecule has 0 aliphatic carbocycles. The molecule has 0 saturated carbocycles. The highest BCUT2D eigenvalue weighted by molar-refractivity contribution is 5.87. The van der Waals surface area contributed by atoms with Crippen molar-refractivity contribution in [2.24, 2.45) is 0 Å². The number of rotatable bonds is 6. The molecule has 0 bridgehead atoms. The van der Waals surface area contributed by atoms with Crippen molar-refractivity contribution in [3.8, 4) is 0 Å². The van der Waals surface area contributed by atoms with E-state index in [1.165, 1.54) is 11.1 Å². The first-order valence-electron chi connectivity index (χ1n) is 8.78. The van der Waals surface area contributed by atoms with E-state index in [1.807, 2.05) is 6.07 Å². The van der Waals surface area contributed by atoms with Crippen LogP contribution in [0.2, 0.25) is 0 Å². The number of aromatic carboxylic acids is 1. The maximum Gasteiger partial charge on any atom is 0.335 e. The molecule has 2 N–H and O–H groups in total. The van der Waals surface area contributed by atoms with Crippen LogP contribution in [0.25, 0.3) is 0 Å². The topological polar surface area (TPSA) is 58.6 Å². The molecule has 0 radical (unpaired) electrons. The molecular formula is C21H25NO3. The Morgan fingerprint density at radius 1 is 1.16 bits per heavy atom. The number of nitrogens with one attached hydrogen (secondary N) is 1. The van der Waals surface area contributed by atoms with Gasteiger partial charge in [0.25, 0.3) is 0 Å². The summed E-state index contributed by atoms with van der Waals surface area (Å²) in [5.41, 5.74) is 4.11. The zero-order valence-electron chi connectivity index (χ0n) is 14.6. The van der Waals surface area contributed by atoms with E-state index in [9.17, 15) is 4.79 Å². The van der Waals surface area contributed by atoms with Gasteiger partial charge in [-0.05, 0) is 48.6 Å². The van der Waals surface area contributed by atoms with Crippen molar-refractivity contribution < 1.29 is 14.6 Å². The quantitative estimate of drug-likeness (QED) is 0.845. The molecule has 0 spiro atoms. The minimum atomic E-state index is -0.886. The Morgan fingerprint density at radius 2 is 1.92 bits per heavy atom. The van der Waals surface area contributed by atoms with Crippen molar-refractivity contribution in [2.75, 3.05) is 19.8 Å². The molecule has 1 fully saturated rings. The van der Waals surface area contributed by atoms with Crippen LogP contribution in [0.15, 0.2) is 48.5 Å². The molecule has 1 aliphatic rings. The summed E-state index contributed by atoms with van der Waals surface area (Å²) >= 11 is 0. The minimum absolute atomic E-state index is 0.0774. The highest BCUT2D eigenvalue weighted by atomic mass is 16.5. The van der Waals surface area contributed by atoms with E-state index in [0.29, 0.717) is 12.1 Å². The second-order valence-electron chi connectivity index (χ2n) is 6.82. The van der Waals surface area contributed by atoms with Gasteiger partial charge in [0.2, 0.25) is 0 Å². The van der Waals surface area contributed by atoms with E-state index in [4.69, 9.17) is 9.84 Å². The maximum atomic E-state index is 11.1. The van der Waals surface area contributed by atoms with Gasteiger partial charge in [0.05, 0.1) is 5.56 Å². The van der Waals surface area contributed by atoms with Gasteiger partial charge in [-0.1, -0.05) is 36.4 Å². The lowest BCUT2D eigenvalue weighted by Crippen LogP contribution is -2.43. The van der Waals surface area contributed by atoms with E-state index < -0.39 is 5.97 Å². The van der Waals surface area contributed by atoms with Gasteiger partial charge in [-0.25, -0.2) is 4.79 Å². The average molecular weight is 339 g/mol. The zero-order valence-corrected chi connectivity index (χ0v) is 14.6. The first kappa shape index (κ1) is 17.6. The van der Waals surface area contributed by atoms with Crippen LogP contribution in [0, 0.1) is 6.92 Å². The van der Waals surface area contributed by atoms with E-state index >= 15 is 0 Å². The number of carboxylic acids is 1. The Kier molecular flexibility index (Phi) is 5.51. The summed E-state index contributed by atoms with van der Waals surface area (Å²) in [4.78, 5) is 11.1. The highest BCUT2D eigenvalue weighted by Crippen LogP contribution is 2.36. The molecule has 2 aromatic rings. The second kappa shape index (κ2) is 7.81. The number of ether oxygens (including phenoxy) is 1. The Labute approximate surface area is 148 Å².